The Balaban J connectivity index is 0.00000113. The van der Waals surface area contributed by atoms with Gasteiger partial charge in [-0.1, -0.05) is 75.2 Å². The molecule has 0 spiro atoms. The maximum absolute atomic E-state index is 12.8. The molecule has 1 aliphatic rings. The van der Waals surface area contributed by atoms with E-state index >= 15 is 0 Å². The van der Waals surface area contributed by atoms with Crippen LogP contribution in [-0.4, -0.2) is 24.2 Å². The summed E-state index contributed by atoms with van der Waals surface area (Å²) < 4.78 is 5.69. The number of hydrogen-bond acceptors (Lipinski definition) is 2. The third-order valence-electron chi connectivity index (χ3n) is 5.33. The van der Waals surface area contributed by atoms with Crippen LogP contribution in [0.4, 0.5) is 0 Å². The Morgan fingerprint density at radius 1 is 1.00 bits per heavy atom. The summed E-state index contributed by atoms with van der Waals surface area (Å²) in [7, 11) is 0. The summed E-state index contributed by atoms with van der Waals surface area (Å²) in [5.41, 5.74) is 1.59. The molecule has 1 N–H and O–H groups in total. The molecule has 3 nitrogen and oxygen atoms in total. The molecule has 1 fully saturated rings. The lowest BCUT2D eigenvalue weighted by atomic mass is 9.86. The highest BCUT2D eigenvalue weighted by Crippen LogP contribution is 2.29. The minimum atomic E-state index is -0.723. The summed E-state index contributed by atoms with van der Waals surface area (Å²) in [4.78, 5) is 12.8. The SMILES string of the molecule is CC.CC.CC(NC(=O)C1(C)CCCO1)[C@H](Cc1ccc(Cl)cc1)c1ccc(Cl)cc1. The molecular weight excluding hydrogens is 429 g/mol. The maximum Gasteiger partial charge on any atom is 0.252 e. The molecule has 0 aromatic heterocycles. The van der Waals surface area contributed by atoms with Crippen LogP contribution in [0.3, 0.4) is 0 Å². The largest absolute Gasteiger partial charge is 0.365 e. The van der Waals surface area contributed by atoms with Crippen molar-refractivity contribution in [3.05, 3.63) is 69.7 Å². The van der Waals surface area contributed by atoms with E-state index in [1.807, 2.05) is 90.1 Å². The Hall–Kier alpha value is -1.55. The maximum atomic E-state index is 12.8. The normalized spacial score (nSPS) is 19.2. The molecule has 2 aromatic rings. The van der Waals surface area contributed by atoms with Crippen molar-refractivity contribution in [3.63, 3.8) is 0 Å². The number of nitrogens with one attached hydrogen (secondary N) is 1. The Kier molecular flexibility index (Phi) is 12.2. The molecule has 1 saturated heterocycles. The number of rotatable bonds is 6. The van der Waals surface area contributed by atoms with Crippen LogP contribution in [0.5, 0.6) is 0 Å². The van der Waals surface area contributed by atoms with Crippen molar-refractivity contribution in [2.24, 2.45) is 0 Å². The molecule has 0 radical (unpaired) electrons. The molecule has 2 aromatic carbocycles. The molecule has 1 heterocycles. The van der Waals surface area contributed by atoms with Crippen molar-refractivity contribution in [1.29, 1.82) is 0 Å². The van der Waals surface area contributed by atoms with Gasteiger partial charge < -0.3 is 10.1 Å². The molecule has 2 unspecified atom stereocenters. The van der Waals surface area contributed by atoms with E-state index in [0.717, 1.165) is 29.8 Å². The minimum absolute atomic E-state index is 0.0393. The average molecular weight is 466 g/mol. The molecule has 0 aliphatic carbocycles. The van der Waals surface area contributed by atoms with Gasteiger partial charge in [-0.25, -0.2) is 0 Å². The van der Waals surface area contributed by atoms with Crippen molar-refractivity contribution in [2.45, 2.75) is 78.4 Å². The van der Waals surface area contributed by atoms with Crippen molar-refractivity contribution in [1.82, 2.24) is 5.32 Å². The summed E-state index contributed by atoms with van der Waals surface area (Å²) in [6, 6.07) is 15.6. The summed E-state index contributed by atoms with van der Waals surface area (Å²) in [6.45, 7) is 12.6. The number of ether oxygens (including phenoxy) is 1. The van der Waals surface area contributed by atoms with Gasteiger partial charge in [0.1, 0.15) is 5.60 Å². The lowest BCUT2D eigenvalue weighted by molar-refractivity contribution is -0.140. The molecule has 0 bridgehead atoms. The van der Waals surface area contributed by atoms with Crippen molar-refractivity contribution in [2.75, 3.05) is 6.61 Å². The van der Waals surface area contributed by atoms with Crippen molar-refractivity contribution in [3.8, 4) is 0 Å². The van der Waals surface area contributed by atoms with E-state index in [4.69, 9.17) is 27.9 Å². The summed E-state index contributed by atoms with van der Waals surface area (Å²) in [6.07, 6.45) is 2.47. The lowest BCUT2D eigenvalue weighted by Gasteiger charge is -2.30. The Morgan fingerprint density at radius 3 is 2.00 bits per heavy atom. The van der Waals surface area contributed by atoms with Gasteiger partial charge in [-0.05, 0) is 68.5 Å². The monoisotopic (exact) mass is 465 g/mol. The molecule has 172 valence electrons. The summed E-state index contributed by atoms with van der Waals surface area (Å²) >= 11 is 12.1. The number of carbonyl (C=O) groups is 1. The fraction of sp³-hybridized carbons (Fsp3) is 0.500. The third kappa shape index (κ3) is 8.14. The van der Waals surface area contributed by atoms with Gasteiger partial charge in [-0.15, -0.1) is 0 Å². The molecule has 31 heavy (non-hydrogen) atoms. The van der Waals surface area contributed by atoms with Gasteiger partial charge in [0.2, 0.25) is 0 Å². The van der Waals surface area contributed by atoms with E-state index < -0.39 is 5.60 Å². The molecular formula is C26H37Cl2NO2. The second kappa shape index (κ2) is 13.8. The highest BCUT2D eigenvalue weighted by molar-refractivity contribution is 6.30. The minimum Gasteiger partial charge on any atom is -0.365 e. The van der Waals surface area contributed by atoms with E-state index in [-0.39, 0.29) is 17.9 Å². The van der Waals surface area contributed by atoms with Gasteiger partial charge in [-0.2, -0.15) is 0 Å². The fourth-order valence-corrected chi connectivity index (χ4v) is 3.84. The van der Waals surface area contributed by atoms with Gasteiger partial charge >= 0.3 is 0 Å². The molecule has 3 atom stereocenters. The standard InChI is InChI=1S/C22H25Cl2NO2.2C2H6/c1-15(25-21(26)22(2)12-3-13-27-22)20(17-6-10-19(24)11-7-17)14-16-4-8-18(23)9-5-16;2*1-2/h4-11,15,20H,3,12-14H2,1-2H3,(H,25,26);2*1-2H3/t15?,20-,22?;;/m0../s1. The highest BCUT2D eigenvalue weighted by Gasteiger charge is 2.39. The zero-order chi connectivity index (χ0) is 23.4. The Bertz CT molecular complexity index is 769. The van der Waals surface area contributed by atoms with Gasteiger partial charge in [0.25, 0.3) is 5.91 Å². The van der Waals surface area contributed by atoms with Gasteiger partial charge in [0.15, 0.2) is 0 Å². The Morgan fingerprint density at radius 2 is 1.52 bits per heavy atom. The van der Waals surface area contributed by atoms with E-state index in [2.05, 4.69) is 5.32 Å². The molecule has 5 heteroatoms. The number of hydrogen-bond donors (Lipinski definition) is 1. The number of halogens is 2. The van der Waals surface area contributed by atoms with Crippen LogP contribution >= 0.6 is 23.2 Å². The van der Waals surface area contributed by atoms with Crippen LogP contribution in [-0.2, 0) is 16.0 Å². The number of benzene rings is 2. The molecule has 1 aliphatic heterocycles. The van der Waals surface area contributed by atoms with Gasteiger partial charge in [0.05, 0.1) is 0 Å². The first-order valence-corrected chi connectivity index (χ1v) is 12.1. The van der Waals surface area contributed by atoms with Crippen LogP contribution in [0.25, 0.3) is 0 Å². The quantitative estimate of drug-likeness (QED) is 0.480. The fourth-order valence-electron chi connectivity index (χ4n) is 3.59. The van der Waals surface area contributed by atoms with Crippen molar-refractivity contribution < 1.29 is 9.53 Å². The molecule has 3 rings (SSSR count). The molecule has 0 saturated carbocycles. The van der Waals surface area contributed by atoms with Crippen LogP contribution in [0.15, 0.2) is 48.5 Å². The predicted octanol–water partition coefficient (Wildman–Crippen LogP) is 7.45. The first-order valence-electron chi connectivity index (χ1n) is 11.3. The first-order chi connectivity index (χ1) is 14.9. The van der Waals surface area contributed by atoms with E-state index in [0.29, 0.717) is 11.6 Å². The zero-order valence-corrected chi connectivity index (χ0v) is 21.2. The highest BCUT2D eigenvalue weighted by atomic mass is 35.5. The van der Waals surface area contributed by atoms with Crippen LogP contribution < -0.4 is 5.32 Å². The third-order valence-corrected chi connectivity index (χ3v) is 5.83. The van der Waals surface area contributed by atoms with Crippen LogP contribution in [0, 0.1) is 0 Å². The first kappa shape index (κ1) is 27.5. The lowest BCUT2D eigenvalue weighted by Crippen LogP contribution is -2.49. The van der Waals surface area contributed by atoms with Gasteiger partial charge in [-0.3, -0.25) is 4.79 Å². The van der Waals surface area contributed by atoms with E-state index in [1.165, 1.54) is 5.56 Å². The number of carbonyl (C=O) groups excluding carboxylic acids is 1. The zero-order valence-electron chi connectivity index (χ0n) is 19.7. The summed E-state index contributed by atoms with van der Waals surface area (Å²) in [5.74, 6) is 0.0694. The Labute approximate surface area is 198 Å². The van der Waals surface area contributed by atoms with Crippen molar-refractivity contribution >= 4 is 29.1 Å². The second-order valence-electron chi connectivity index (χ2n) is 7.43. The van der Waals surface area contributed by atoms with Gasteiger partial charge in [0, 0.05) is 28.6 Å². The van der Waals surface area contributed by atoms with E-state index in [9.17, 15) is 4.79 Å². The number of amides is 1. The second-order valence-corrected chi connectivity index (χ2v) is 8.31. The van der Waals surface area contributed by atoms with Crippen LogP contribution in [0.1, 0.15) is 71.4 Å². The van der Waals surface area contributed by atoms with Crippen LogP contribution in [0.2, 0.25) is 10.0 Å². The molecule has 1 amide bonds. The average Bonchev–Trinajstić information content (AvgIpc) is 3.25. The topological polar surface area (TPSA) is 38.3 Å². The summed E-state index contributed by atoms with van der Waals surface area (Å²) in [5, 5.41) is 4.60. The van der Waals surface area contributed by atoms with E-state index in [1.54, 1.807) is 0 Å². The predicted molar refractivity (Wildman–Crippen MR) is 133 cm³/mol. The smallest absolute Gasteiger partial charge is 0.252 e.